The van der Waals surface area contributed by atoms with Gasteiger partial charge in [-0.05, 0) is 43.2 Å². The number of benzene rings is 3. The zero-order chi connectivity index (χ0) is 21.8. The van der Waals surface area contributed by atoms with Crippen molar-refractivity contribution in [1.82, 2.24) is 4.90 Å². The van der Waals surface area contributed by atoms with Crippen molar-refractivity contribution < 1.29 is 9.53 Å². The van der Waals surface area contributed by atoms with Gasteiger partial charge in [-0.2, -0.15) is 0 Å². The van der Waals surface area contributed by atoms with Gasteiger partial charge in [0.05, 0.1) is 30.5 Å². The highest BCUT2D eigenvalue weighted by Crippen LogP contribution is 2.50. The van der Waals surface area contributed by atoms with E-state index < -0.39 is 0 Å². The van der Waals surface area contributed by atoms with Crippen molar-refractivity contribution in [1.29, 1.82) is 0 Å². The molecule has 3 aromatic rings. The highest BCUT2D eigenvalue weighted by molar-refractivity contribution is 6.16. The number of hydrogen-bond acceptors (Lipinski definition) is 3. The molecular formula is C27H26N2O2. The zero-order valence-corrected chi connectivity index (χ0v) is 18.3. The van der Waals surface area contributed by atoms with Gasteiger partial charge in [-0.1, -0.05) is 54.6 Å². The van der Waals surface area contributed by atoms with Crippen molar-refractivity contribution >= 4 is 17.3 Å². The molecule has 4 heteroatoms. The Kier molecular flexibility index (Phi) is 4.40. The number of para-hydroxylation sites is 1. The lowest BCUT2D eigenvalue weighted by molar-refractivity contribution is 0.0843. The normalized spacial score (nSPS) is 16.3. The van der Waals surface area contributed by atoms with Crippen LogP contribution in [0.2, 0.25) is 0 Å². The summed E-state index contributed by atoms with van der Waals surface area (Å²) in [5.41, 5.74) is 6.61. The number of hydrogen-bond donors (Lipinski definition) is 0. The molecule has 2 aliphatic rings. The van der Waals surface area contributed by atoms with Gasteiger partial charge in [-0.25, -0.2) is 0 Å². The van der Waals surface area contributed by atoms with Gasteiger partial charge in [0.25, 0.3) is 5.91 Å². The molecule has 0 saturated heterocycles. The van der Waals surface area contributed by atoms with E-state index in [2.05, 4.69) is 56.1 Å². The molecule has 0 spiro atoms. The summed E-state index contributed by atoms with van der Waals surface area (Å²) in [6.45, 7) is 4.91. The van der Waals surface area contributed by atoms with Crippen molar-refractivity contribution in [2.45, 2.75) is 25.9 Å². The van der Waals surface area contributed by atoms with Crippen molar-refractivity contribution in [2.24, 2.45) is 0 Å². The molecule has 0 unspecified atom stereocenters. The van der Waals surface area contributed by atoms with E-state index in [1.54, 1.807) is 7.11 Å². The molecule has 0 fully saturated rings. The Morgan fingerprint density at radius 1 is 0.871 bits per heavy atom. The SMILES string of the molecule is COc1ccccc1-c1ccc2c3c1C(=O)N(Cc1ccccc1)C3=CC(C)(C)N2C. The summed E-state index contributed by atoms with van der Waals surface area (Å²) in [6, 6.07) is 22.3. The second kappa shape index (κ2) is 7.02. The van der Waals surface area contributed by atoms with E-state index in [0.29, 0.717) is 6.54 Å². The highest BCUT2D eigenvalue weighted by Gasteiger charge is 2.43. The number of methoxy groups -OCH3 is 1. The number of rotatable bonds is 4. The van der Waals surface area contributed by atoms with Gasteiger partial charge in [0.2, 0.25) is 0 Å². The van der Waals surface area contributed by atoms with E-state index in [0.717, 1.165) is 45.0 Å². The van der Waals surface area contributed by atoms with Gasteiger partial charge in [0, 0.05) is 23.9 Å². The van der Waals surface area contributed by atoms with E-state index in [1.165, 1.54) is 0 Å². The zero-order valence-electron chi connectivity index (χ0n) is 18.3. The lowest BCUT2D eigenvalue weighted by atomic mass is 9.88. The maximum absolute atomic E-state index is 13.9. The molecule has 0 aromatic heterocycles. The van der Waals surface area contributed by atoms with E-state index >= 15 is 0 Å². The molecule has 0 bridgehead atoms. The molecule has 4 nitrogen and oxygen atoms in total. The highest BCUT2D eigenvalue weighted by atomic mass is 16.5. The van der Waals surface area contributed by atoms with Crippen LogP contribution in [-0.2, 0) is 6.54 Å². The van der Waals surface area contributed by atoms with Crippen molar-refractivity contribution in [3.63, 3.8) is 0 Å². The molecule has 5 rings (SSSR count). The van der Waals surface area contributed by atoms with E-state index in [1.807, 2.05) is 47.4 Å². The van der Waals surface area contributed by atoms with Crippen LogP contribution >= 0.6 is 0 Å². The number of likely N-dealkylation sites (N-methyl/N-ethyl adjacent to an activating group) is 1. The molecule has 156 valence electrons. The van der Waals surface area contributed by atoms with Crippen LogP contribution in [0, 0.1) is 0 Å². The predicted octanol–water partition coefficient (Wildman–Crippen LogP) is 5.59. The second-order valence-corrected chi connectivity index (χ2v) is 8.70. The first-order valence-corrected chi connectivity index (χ1v) is 10.6. The Bertz CT molecular complexity index is 1210. The van der Waals surface area contributed by atoms with Gasteiger partial charge in [0.1, 0.15) is 5.75 Å². The number of ether oxygens (including phenoxy) is 1. The summed E-state index contributed by atoms with van der Waals surface area (Å²) in [5.74, 6) is 0.807. The van der Waals surface area contributed by atoms with Gasteiger partial charge < -0.3 is 14.5 Å². The minimum Gasteiger partial charge on any atom is -0.496 e. The largest absolute Gasteiger partial charge is 0.496 e. The number of nitrogens with zero attached hydrogens (tertiary/aromatic N) is 2. The predicted molar refractivity (Wildman–Crippen MR) is 125 cm³/mol. The smallest absolute Gasteiger partial charge is 0.259 e. The maximum atomic E-state index is 13.9. The lowest BCUT2D eigenvalue weighted by Gasteiger charge is -2.41. The summed E-state index contributed by atoms with van der Waals surface area (Å²) in [7, 11) is 3.76. The fraction of sp³-hybridized carbons (Fsp3) is 0.222. The van der Waals surface area contributed by atoms with Crippen LogP contribution < -0.4 is 9.64 Å². The molecule has 0 atom stereocenters. The van der Waals surface area contributed by atoms with Crippen LogP contribution in [0.5, 0.6) is 5.75 Å². The Hall–Kier alpha value is -3.53. The number of anilines is 1. The van der Waals surface area contributed by atoms with Crippen molar-refractivity contribution in [3.8, 4) is 16.9 Å². The Morgan fingerprint density at radius 3 is 2.32 bits per heavy atom. The first-order chi connectivity index (χ1) is 14.9. The van der Waals surface area contributed by atoms with Gasteiger partial charge >= 0.3 is 0 Å². The minimum atomic E-state index is -0.203. The fourth-order valence-corrected chi connectivity index (χ4v) is 4.64. The third kappa shape index (κ3) is 2.94. The topological polar surface area (TPSA) is 32.8 Å². The Labute approximate surface area is 183 Å². The van der Waals surface area contributed by atoms with Gasteiger partial charge in [-0.15, -0.1) is 0 Å². The third-order valence-electron chi connectivity index (χ3n) is 6.49. The monoisotopic (exact) mass is 410 g/mol. The number of carbonyl (C=O) groups is 1. The van der Waals surface area contributed by atoms with Crippen LogP contribution in [0.25, 0.3) is 16.8 Å². The summed E-state index contributed by atoms with van der Waals surface area (Å²) >= 11 is 0. The summed E-state index contributed by atoms with van der Waals surface area (Å²) in [5, 5.41) is 0. The average molecular weight is 411 g/mol. The van der Waals surface area contributed by atoms with Crippen LogP contribution in [0.1, 0.15) is 35.3 Å². The van der Waals surface area contributed by atoms with E-state index in [9.17, 15) is 4.79 Å². The molecule has 31 heavy (non-hydrogen) atoms. The first kappa shape index (κ1) is 19.4. The number of carbonyl (C=O) groups excluding carboxylic acids is 1. The van der Waals surface area contributed by atoms with Gasteiger partial charge in [-0.3, -0.25) is 4.79 Å². The lowest BCUT2D eigenvalue weighted by Crippen LogP contribution is -2.42. The number of amides is 1. The van der Waals surface area contributed by atoms with Crippen molar-refractivity contribution in [2.75, 3.05) is 19.1 Å². The molecule has 1 amide bonds. The maximum Gasteiger partial charge on any atom is 0.259 e. The fourth-order valence-electron chi connectivity index (χ4n) is 4.64. The standard InChI is InChI=1S/C27H26N2O2/c1-27(2)16-22-25-21(28(27)3)15-14-20(19-12-8-9-13-23(19)31-4)24(25)26(30)29(22)17-18-10-6-5-7-11-18/h5-16H,17H2,1-4H3. The summed E-state index contributed by atoms with van der Waals surface area (Å²) in [6.07, 6.45) is 2.22. The van der Waals surface area contributed by atoms with Crippen LogP contribution in [0.4, 0.5) is 5.69 Å². The van der Waals surface area contributed by atoms with Crippen LogP contribution in [0.15, 0.2) is 72.8 Å². The second-order valence-electron chi connectivity index (χ2n) is 8.70. The molecule has 0 saturated carbocycles. The quantitative estimate of drug-likeness (QED) is 0.562. The molecule has 0 radical (unpaired) electrons. The minimum absolute atomic E-state index is 0.0407. The van der Waals surface area contributed by atoms with Crippen LogP contribution in [0.3, 0.4) is 0 Å². The third-order valence-corrected chi connectivity index (χ3v) is 6.49. The average Bonchev–Trinajstić information content (AvgIpc) is 3.04. The van der Waals surface area contributed by atoms with E-state index in [-0.39, 0.29) is 11.4 Å². The Balaban J connectivity index is 1.74. The molecular weight excluding hydrogens is 384 g/mol. The molecule has 2 heterocycles. The van der Waals surface area contributed by atoms with Crippen LogP contribution in [-0.4, -0.2) is 30.5 Å². The molecule has 0 N–H and O–H groups in total. The first-order valence-electron chi connectivity index (χ1n) is 10.6. The van der Waals surface area contributed by atoms with Gasteiger partial charge in [0.15, 0.2) is 0 Å². The molecule has 0 aliphatic carbocycles. The van der Waals surface area contributed by atoms with E-state index in [4.69, 9.17) is 4.74 Å². The molecule has 3 aromatic carbocycles. The molecule has 2 aliphatic heterocycles. The summed E-state index contributed by atoms with van der Waals surface area (Å²) in [4.78, 5) is 18.1. The van der Waals surface area contributed by atoms with Crippen molar-refractivity contribution in [3.05, 3.63) is 89.5 Å². The Morgan fingerprint density at radius 2 is 1.58 bits per heavy atom. The summed E-state index contributed by atoms with van der Waals surface area (Å²) < 4.78 is 5.62.